The van der Waals surface area contributed by atoms with Crippen LogP contribution in [-0.4, -0.2) is 31.1 Å². The fourth-order valence-corrected chi connectivity index (χ4v) is 2.59. The SMILES string of the molecule is CN(C)c1ccc(-c2ccc(C=C(NC(=O)c3ccccc3)C(=O)O)o2)cc1. The van der Waals surface area contributed by atoms with Crippen molar-refractivity contribution in [3.8, 4) is 11.3 Å². The molecule has 0 atom stereocenters. The van der Waals surface area contributed by atoms with Crippen molar-refractivity contribution in [2.75, 3.05) is 19.0 Å². The second-order valence-corrected chi connectivity index (χ2v) is 6.33. The first-order valence-corrected chi connectivity index (χ1v) is 8.63. The van der Waals surface area contributed by atoms with E-state index in [-0.39, 0.29) is 5.70 Å². The fraction of sp³-hybridized carbons (Fsp3) is 0.0909. The number of carboxylic acid groups (broad SMARTS) is 1. The summed E-state index contributed by atoms with van der Waals surface area (Å²) in [7, 11) is 3.92. The molecule has 142 valence electrons. The molecule has 0 spiro atoms. The molecule has 28 heavy (non-hydrogen) atoms. The van der Waals surface area contributed by atoms with E-state index in [1.807, 2.05) is 43.3 Å². The molecule has 0 fully saturated rings. The highest BCUT2D eigenvalue weighted by Gasteiger charge is 2.14. The second kappa shape index (κ2) is 8.26. The van der Waals surface area contributed by atoms with Crippen LogP contribution in [0.2, 0.25) is 0 Å². The molecule has 1 heterocycles. The molecule has 0 bridgehead atoms. The number of nitrogens with one attached hydrogen (secondary N) is 1. The minimum absolute atomic E-state index is 0.266. The topological polar surface area (TPSA) is 82.8 Å². The zero-order valence-electron chi connectivity index (χ0n) is 15.5. The van der Waals surface area contributed by atoms with Crippen LogP contribution in [0, 0.1) is 0 Å². The van der Waals surface area contributed by atoms with E-state index in [0.717, 1.165) is 11.3 Å². The van der Waals surface area contributed by atoms with Gasteiger partial charge < -0.3 is 19.7 Å². The maximum Gasteiger partial charge on any atom is 0.352 e. The zero-order chi connectivity index (χ0) is 20.1. The zero-order valence-corrected chi connectivity index (χ0v) is 15.5. The van der Waals surface area contributed by atoms with E-state index in [4.69, 9.17) is 4.42 Å². The summed E-state index contributed by atoms with van der Waals surface area (Å²) in [4.78, 5) is 25.7. The lowest BCUT2D eigenvalue weighted by atomic mass is 10.1. The number of carbonyl (C=O) groups is 2. The van der Waals surface area contributed by atoms with Crippen LogP contribution in [-0.2, 0) is 4.79 Å². The summed E-state index contributed by atoms with van der Waals surface area (Å²) in [5, 5.41) is 11.8. The van der Waals surface area contributed by atoms with Gasteiger partial charge >= 0.3 is 5.97 Å². The molecule has 0 aliphatic rings. The summed E-state index contributed by atoms with van der Waals surface area (Å²) >= 11 is 0. The number of nitrogens with zero attached hydrogens (tertiary/aromatic N) is 1. The van der Waals surface area contributed by atoms with E-state index < -0.39 is 11.9 Å². The number of anilines is 1. The van der Waals surface area contributed by atoms with Gasteiger partial charge in [-0.25, -0.2) is 4.79 Å². The molecule has 0 saturated heterocycles. The molecule has 6 heteroatoms. The number of carboxylic acids is 1. The Balaban J connectivity index is 1.80. The summed E-state index contributed by atoms with van der Waals surface area (Å²) in [6.07, 6.45) is 1.29. The van der Waals surface area contributed by atoms with Crippen molar-refractivity contribution < 1.29 is 19.1 Å². The third kappa shape index (κ3) is 4.48. The number of amides is 1. The molecule has 2 N–H and O–H groups in total. The summed E-state index contributed by atoms with van der Waals surface area (Å²) in [5.41, 5.74) is 2.04. The van der Waals surface area contributed by atoms with Crippen molar-refractivity contribution in [1.29, 1.82) is 0 Å². The Bertz CT molecular complexity index is 1000. The number of carbonyl (C=O) groups excluding carboxylic acids is 1. The van der Waals surface area contributed by atoms with Crippen molar-refractivity contribution >= 4 is 23.6 Å². The highest BCUT2D eigenvalue weighted by atomic mass is 16.4. The minimum Gasteiger partial charge on any atom is -0.477 e. The predicted octanol–water partition coefficient (Wildman–Crippen LogP) is 3.87. The van der Waals surface area contributed by atoms with Gasteiger partial charge in [0.1, 0.15) is 17.2 Å². The number of aliphatic carboxylic acids is 1. The van der Waals surface area contributed by atoms with Crippen molar-refractivity contribution in [1.82, 2.24) is 5.32 Å². The largest absolute Gasteiger partial charge is 0.477 e. The Labute approximate surface area is 162 Å². The summed E-state index contributed by atoms with van der Waals surface area (Å²) < 4.78 is 5.73. The number of hydrogen-bond donors (Lipinski definition) is 2. The normalized spacial score (nSPS) is 11.1. The molecule has 0 radical (unpaired) electrons. The highest BCUT2D eigenvalue weighted by Crippen LogP contribution is 2.25. The first-order valence-electron chi connectivity index (χ1n) is 8.63. The monoisotopic (exact) mass is 376 g/mol. The average Bonchev–Trinajstić information content (AvgIpc) is 3.16. The van der Waals surface area contributed by atoms with E-state index in [1.165, 1.54) is 6.08 Å². The Morgan fingerprint density at radius 3 is 2.25 bits per heavy atom. The molecule has 0 aliphatic heterocycles. The Morgan fingerprint density at radius 1 is 0.964 bits per heavy atom. The molecule has 1 aromatic heterocycles. The van der Waals surface area contributed by atoms with Crippen LogP contribution in [0.4, 0.5) is 5.69 Å². The van der Waals surface area contributed by atoms with E-state index in [0.29, 0.717) is 17.1 Å². The van der Waals surface area contributed by atoms with Gasteiger partial charge in [-0.15, -0.1) is 0 Å². The number of furan rings is 1. The Morgan fingerprint density at radius 2 is 1.64 bits per heavy atom. The van der Waals surface area contributed by atoms with Gasteiger partial charge in [0.15, 0.2) is 0 Å². The van der Waals surface area contributed by atoms with Gasteiger partial charge in [0.2, 0.25) is 0 Å². The average molecular weight is 376 g/mol. The van der Waals surface area contributed by atoms with Gasteiger partial charge in [0, 0.05) is 37.0 Å². The highest BCUT2D eigenvalue weighted by molar-refractivity contribution is 6.02. The molecule has 1 amide bonds. The maximum absolute atomic E-state index is 12.2. The van der Waals surface area contributed by atoms with Crippen LogP contribution < -0.4 is 10.2 Å². The van der Waals surface area contributed by atoms with E-state index in [9.17, 15) is 14.7 Å². The lowest BCUT2D eigenvalue weighted by Crippen LogP contribution is -2.27. The molecule has 6 nitrogen and oxygen atoms in total. The van der Waals surface area contributed by atoms with Crippen LogP contribution >= 0.6 is 0 Å². The van der Waals surface area contributed by atoms with Gasteiger partial charge in [-0.2, -0.15) is 0 Å². The third-order valence-corrected chi connectivity index (χ3v) is 4.10. The molecule has 2 aromatic carbocycles. The standard InChI is InChI=1S/C22H20N2O4/c1-24(2)17-10-8-15(9-11-17)20-13-12-18(28-20)14-19(22(26)27)23-21(25)16-6-4-3-5-7-16/h3-14H,1-2H3,(H,23,25)(H,26,27). The molecular weight excluding hydrogens is 356 g/mol. The van der Waals surface area contributed by atoms with Gasteiger partial charge in [-0.05, 0) is 48.5 Å². The predicted molar refractivity (Wildman–Crippen MR) is 108 cm³/mol. The number of hydrogen-bond acceptors (Lipinski definition) is 4. The summed E-state index contributed by atoms with van der Waals surface area (Å²) in [6, 6.07) is 19.6. The minimum atomic E-state index is -1.25. The van der Waals surface area contributed by atoms with Gasteiger partial charge in [-0.3, -0.25) is 4.79 Å². The first kappa shape index (κ1) is 19.0. The van der Waals surface area contributed by atoms with Crippen LogP contribution in [0.3, 0.4) is 0 Å². The van der Waals surface area contributed by atoms with Gasteiger partial charge in [0.05, 0.1) is 0 Å². The summed E-state index contributed by atoms with van der Waals surface area (Å²) in [6.45, 7) is 0. The van der Waals surface area contributed by atoms with E-state index in [1.54, 1.807) is 42.5 Å². The molecule has 0 aliphatic carbocycles. The summed E-state index contributed by atoms with van der Waals surface area (Å²) in [5.74, 6) is -0.814. The third-order valence-electron chi connectivity index (χ3n) is 4.10. The Hall–Kier alpha value is -3.80. The number of rotatable bonds is 6. The number of benzene rings is 2. The van der Waals surface area contributed by atoms with Crippen molar-refractivity contribution in [3.63, 3.8) is 0 Å². The molecule has 0 unspecified atom stereocenters. The van der Waals surface area contributed by atoms with Crippen LogP contribution in [0.1, 0.15) is 16.1 Å². The van der Waals surface area contributed by atoms with E-state index in [2.05, 4.69) is 5.32 Å². The van der Waals surface area contributed by atoms with Crippen LogP contribution in [0.25, 0.3) is 17.4 Å². The first-order chi connectivity index (χ1) is 13.4. The van der Waals surface area contributed by atoms with Gasteiger partial charge in [-0.1, -0.05) is 18.2 Å². The van der Waals surface area contributed by atoms with Crippen LogP contribution in [0.15, 0.2) is 76.8 Å². The van der Waals surface area contributed by atoms with Crippen molar-refractivity contribution in [3.05, 3.63) is 83.8 Å². The van der Waals surface area contributed by atoms with Crippen molar-refractivity contribution in [2.45, 2.75) is 0 Å². The van der Waals surface area contributed by atoms with Crippen molar-refractivity contribution in [2.24, 2.45) is 0 Å². The molecule has 3 aromatic rings. The lowest BCUT2D eigenvalue weighted by molar-refractivity contribution is -0.132. The maximum atomic E-state index is 12.2. The smallest absolute Gasteiger partial charge is 0.352 e. The molecule has 0 saturated carbocycles. The van der Waals surface area contributed by atoms with Gasteiger partial charge in [0.25, 0.3) is 5.91 Å². The molecule has 3 rings (SSSR count). The quantitative estimate of drug-likeness (QED) is 0.638. The Kier molecular flexibility index (Phi) is 5.60. The lowest BCUT2D eigenvalue weighted by Gasteiger charge is -2.12. The van der Waals surface area contributed by atoms with Crippen LogP contribution in [0.5, 0.6) is 0 Å². The van der Waals surface area contributed by atoms with E-state index >= 15 is 0 Å². The molecular formula is C22H20N2O4. The second-order valence-electron chi connectivity index (χ2n) is 6.33. The fourth-order valence-electron chi connectivity index (χ4n) is 2.59.